The van der Waals surface area contributed by atoms with Crippen molar-refractivity contribution in [1.29, 1.82) is 0 Å². The minimum atomic E-state index is 0. The number of hydrogen-bond acceptors (Lipinski definition) is 5. The number of thioether (sulfide) groups is 1. The van der Waals surface area contributed by atoms with Crippen LogP contribution in [-0.2, 0) is 16.0 Å². The highest BCUT2D eigenvalue weighted by molar-refractivity contribution is 7.99. The zero-order chi connectivity index (χ0) is 19.1. The first kappa shape index (κ1) is 22.8. The third-order valence-corrected chi connectivity index (χ3v) is 6.31. The number of methoxy groups -OCH3 is 1. The molecule has 0 radical (unpaired) electrons. The van der Waals surface area contributed by atoms with Gasteiger partial charge in [0.15, 0.2) is 0 Å². The Morgan fingerprint density at radius 3 is 2.71 bits per heavy atom. The van der Waals surface area contributed by atoms with E-state index in [0.717, 1.165) is 42.2 Å². The van der Waals surface area contributed by atoms with Crippen molar-refractivity contribution in [3.63, 3.8) is 0 Å². The molecule has 2 amide bonds. The second-order valence-electron chi connectivity index (χ2n) is 7.14. The Hall–Kier alpha value is -1.44. The molecular weight excluding hydrogens is 398 g/mol. The molecule has 2 fully saturated rings. The molecule has 2 aliphatic rings. The van der Waals surface area contributed by atoms with Crippen LogP contribution in [0.5, 0.6) is 5.75 Å². The Balaban J connectivity index is 0.00000280. The van der Waals surface area contributed by atoms with E-state index in [4.69, 9.17) is 4.74 Å². The number of halogens is 1. The first-order valence-electron chi connectivity index (χ1n) is 9.66. The summed E-state index contributed by atoms with van der Waals surface area (Å²) in [6.07, 6.45) is 2.53. The van der Waals surface area contributed by atoms with Gasteiger partial charge >= 0.3 is 0 Å². The number of carbonyl (C=O) groups excluding carboxylic acids is 2. The predicted octanol–water partition coefficient (Wildman–Crippen LogP) is 1.86. The highest BCUT2D eigenvalue weighted by Gasteiger charge is 2.25. The van der Waals surface area contributed by atoms with Gasteiger partial charge in [0, 0.05) is 55.2 Å². The van der Waals surface area contributed by atoms with Gasteiger partial charge in [0.05, 0.1) is 13.5 Å². The normalized spacial score (nSPS) is 20.2. The van der Waals surface area contributed by atoms with Crippen LogP contribution < -0.4 is 15.4 Å². The molecule has 28 heavy (non-hydrogen) atoms. The molecule has 0 aromatic heterocycles. The molecule has 1 aromatic rings. The maximum absolute atomic E-state index is 12.6. The van der Waals surface area contributed by atoms with E-state index in [2.05, 4.69) is 10.6 Å². The van der Waals surface area contributed by atoms with Gasteiger partial charge in [-0.25, -0.2) is 0 Å². The number of ether oxygens (including phenoxy) is 1. The van der Waals surface area contributed by atoms with Gasteiger partial charge < -0.3 is 20.3 Å². The van der Waals surface area contributed by atoms with Crippen molar-refractivity contribution >= 4 is 36.0 Å². The van der Waals surface area contributed by atoms with Crippen LogP contribution in [0.15, 0.2) is 24.3 Å². The van der Waals surface area contributed by atoms with Crippen LogP contribution in [0.25, 0.3) is 0 Å². The van der Waals surface area contributed by atoms with E-state index in [1.807, 2.05) is 40.9 Å². The summed E-state index contributed by atoms with van der Waals surface area (Å²) >= 11 is 1.90. The summed E-state index contributed by atoms with van der Waals surface area (Å²) < 4.78 is 5.33. The largest absolute Gasteiger partial charge is 0.496 e. The number of para-hydroxylation sites is 1. The third kappa shape index (κ3) is 6.57. The van der Waals surface area contributed by atoms with E-state index in [1.54, 1.807) is 7.11 Å². The monoisotopic (exact) mass is 427 g/mol. The van der Waals surface area contributed by atoms with Crippen molar-refractivity contribution in [1.82, 2.24) is 15.5 Å². The fourth-order valence-electron chi connectivity index (χ4n) is 3.66. The summed E-state index contributed by atoms with van der Waals surface area (Å²) in [7, 11) is 1.62. The average molecular weight is 428 g/mol. The Labute approximate surface area is 177 Å². The maximum Gasteiger partial charge on any atom is 0.227 e. The SMILES string of the molecule is COc1ccccc1CC(=O)N1CCC(NC(=O)CC2CSCCN2)CC1.Cl. The molecule has 3 rings (SSSR count). The number of piperidine rings is 1. The molecule has 8 heteroatoms. The minimum Gasteiger partial charge on any atom is -0.496 e. The van der Waals surface area contributed by atoms with Crippen LogP contribution in [0.3, 0.4) is 0 Å². The van der Waals surface area contributed by atoms with Crippen LogP contribution in [0.2, 0.25) is 0 Å². The van der Waals surface area contributed by atoms with Crippen molar-refractivity contribution < 1.29 is 14.3 Å². The maximum atomic E-state index is 12.6. The molecule has 6 nitrogen and oxygen atoms in total. The number of nitrogens with one attached hydrogen (secondary N) is 2. The first-order valence-corrected chi connectivity index (χ1v) is 10.8. The lowest BCUT2D eigenvalue weighted by atomic mass is 10.0. The lowest BCUT2D eigenvalue weighted by Gasteiger charge is -2.33. The molecular formula is C20H30ClN3O3S. The number of carbonyl (C=O) groups is 2. The molecule has 1 atom stereocenters. The summed E-state index contributed by atoms with van der Waals surface area (Å²) in [4.78, 5) is 26.7. The summed E-state index contributed by atoms with van der Waals surface area (Å²) in [5.74, 6) is 3.12. The van der Waals surface area contributed by atoms with Crippen LogP contribution in [0, 0.1) is 0 Å². The van der Waals surface area contributed by atoms with Gasteiger partial charge in [-0.05, 0) is 18.9 Å². The molecule has 2 heterocycles. The van der Waals surface area contributed by atoms with Gasteiger partial charge in [-0.3, -0.25) is 9.59 Å². The van der Waals surface area contributed by atoms with Gasteiger partial charge in [-0.15, -0.1) is 12.4 Å². The zero-order valence-corrected chi connectivity index (χ0v) is 17.9. The highest BCUT2D eigenvalue weighted by atomic mass is 35.5. The Bertz CT molecular complexity index is 647. The summed E-state index contributed by atoms with van der Waals surface area (Å²) in [6, 6.07) is 8.09. The number of rotatable bonds is 6. The van der Waals surface area contributed by atoms with Crippen LogP contribution >= 0.6 is 24.2 Å². The number of benzene rings is 1. The Morgan fingerprint density at radius 1 is 1.29 bits per heavy atom. The second kappa shape index (κ2) is 11.5. The minimum absolute atomic E-state index is 0. The van der Waals surface area contributed by atoms with Gasteiger partial charge in [-0.2, -0.15) is 11.8 Å². The second-order valence-corrected chi connectivity index (χ2v) is 8.29. The molecule has 156 valence electrons. The number of amides is 2. The van der Waals surface area contributed by atoms with Gasteiger partial charge in [0.2, 0.25) is 11.8 Å². The Morgan fingerprint density at radius 2 is 2.04 bits per heavy atom. The van der Waals surface area contributed by atoms with Gasteiger partial charge in [0.25, 0.3) is 0 Å². The molecule has 2 saturated heterocycles. The van der Waals surface area contributed by atoms with Gasteiger partial charge in [-0.1, -0.05) is 18.2 Å². The third-order valence-electron chi connectivity index (χ3n) is 5.18. The average Bonchev–Trinajstić information content (AvgIpc) is 2.69. The molecule has 1 aromatic carbocycles. The molecule has 1 unspecified atom stereocenters. The van der Waals surface area contributed by atoms with Crippen molar-refractivity contribution in [2.24, 2.45) is 0 Å². The molecule has 0 saturated carbocycles. The van der Waals surface area contributed by atoms with E-state index in [9.17, 15) is 9.59 Å². The fourth-order valence-corrected chi connectivity index (χ4v) is 4.61. The standard InChI is InChI=1S/C20H29N3O3S.ClH/c1-26-18-5-3-2-4-15(18)12-20(25)23-9-6-16(7-10-23)22-19(24)13-17-14-27-11-8-21-17;/h2-5,16-17,21H,6-14H2,1H3,(H,22,24);1H. The van der Waals surface area contributed by atoms with Crippen LogP contribution in [-0.4, -0.2) is 67.0 Å². The van der Waals surface area contributed by atoms with Crippen molar-refractivity contribution in [3.8, 4) is 5.75 Å². The van der Waals surface area contributed by atoms with Crippen LogP contribution in [0.1, 0.15) is 24.8 Å². The topological polar surface area (TPSA) is 70.7 Å². The summed E-state index contributed by atoms with van der Waals surface area (Å²) in [5.41, 5.74) is 0.915. The van der Waals surface area contributed by atoms with E-state index in [1.165, 1.54) is 0 Å². The number of nitrogens with zero attached hydrogens (tertiary/aromatic N) is 1. The summed E-state index contributed by atoms with van der Waals surface area (Å²) in [5, 5.41) is 6.54. The van der Waals surface area contributed by atoms with E-state index < -0.39 is 0 Å². The number of likely N-dealkylation sites (tertiary alicyclic amines) is 1. The summed E-state index contributed by atoms with van der Waals surface area (Å²) in [6.45, 7) is 2.36. The van der Waals surface area contributed by atoms with Gasteiger partial charge in [0.1, 0.15) is 5.75 Å². The smallest absolute Gasteiger partial charge is 0.227 e. The Kier molecular flexibility index (Phi) is 9.41. The highest BCUT2D eigenvalue weighted by Crippen LogP contribution is 2.20. The molecule has 0 aliphatic carbocycles. The quantitative estimate of drug-likeness (QED) is 0.725. The van der Waals surface area contributed by atoms with E-state index in [0.29, 0.717) is 25.9 Å². The van der Waals surface area contributed by atoms with Crippen molar-refractivity contribution in [2.75, 3.05) is 38.2 Å². The molecule has 2 aliphatic heterocycles. The fraction of sp³-hybridized carbons (Fsp3) is 0.600. The first-order chi connectivity index (χ1) is 13.2. The lowest BCUT2D eigenvalue weighted by molar-refractivity contribution is -0.131. The van der Waals surface area contributed by atoms with Crippen molar-refractivity contribution in [2.45, 2.75) is 37.8 Å². The molecule has 0 bridgehead atoms. The molecule has 0 spiro atoms. The zero-order valence-electron chi connectivity index (χ0n) is 16.3. The van der Waals surface area contributed by atoms with Crippen molar-refractivity contribution in [3.05, 3.63) is 29.8 Å². The van der Waals surface area contributed by atoms with E-state index >= 15 is 0 Å². The lowest BCUT2D eigenvalue weighted by Crippen LogP contribution is -2.48. The number of hydrogen-bond donors (Lipinski definition) is 2. The van der Waals surface area contributed by atoms with Crippen LogP contribution in [0.4, 0.5) is 0 Å². The predicted molar refractivity (Wildman–Crippen MR) is 115 cm³/mol. The van der Waals surface area contributed by atoms with E-state index in [-0.39, 0.29) is 36.3 Å². The molecule has 2 N–H and O–H groups in total.